The molecule has 0 aromatic rings. The lowest BCUT2D eigenvalue weighted by molar-refractivity contribution is -0.144. The Kier molecular flexibility index (Phi) is 5.24. The Morgan fingerprint density at radius 1 is 1.27 bits per heavy atom. The molecule has 4 nitrogen and oxygen atoms in total. The van der Waals surface area contributed by atoms with Crippen LogP contribution >= 0.6 is 0 Å². The van der Waals surface area contributed by atoms with E-state index >= 15 is 0 Å². The van der Waals surface area contributed by atoms with Crippen molar-refractivity contribution in [3.63, 3.8) is 0 Å². The van der Waals surface area contributed by atoms with Crippen LogP contribution in [0, 0.1) is 0 Å². The van der Waals surface area contributed by atoms with Gasteiger partial charge in [0, 0.05) is 0 Å². The Bertz CT molecular complexity index is 146. The Hall–Kier alpha value is -0.995. The van der Waals surface area contributed by atoms with Crippen molar-refractivity contribution in [3.05, 3.63) is 0 Å². The fraction of sp³-hybridized carbons (Fsp3) is 0.667. The predicted molar refractivity (Wildman–Crippen MR) is 40.4 cm³/mol. The summed E-state index contributed by atoms with van der Waals surface area (Å²) in [4.78, 5) is 21.1. The van der Waals surface area contributed by atoms with E-state index in [0.717, 1.165) is 0 Å². The molecule has 62 valence electrons. The van der Waals surface area contributed by atoms with Crippen molar-refractivity contribution in [2.24, 2.45) is 0 Å². The van der Waals surface area contributed by atoms with E-state index < -0.39 is 5.97 Å². The molecule has 0 spiro atoms. The predicted octanol–water partition coefficient (Wildman–Crippen LogP) is -0.118. The highest BCUT2D eigenvalue weighted by Crippen LogP contribution is 1.93. The highest BCUT2D eigenvalue weighted by molar-refractivity contribution is 6.28. The molecule has 0 radical (unpaired) electrons. The maximum Gasteiger partial charge on any atom is 0.340 e. The van der Waals surface area contributed by atoms with E-state index in [-0.39, 0.29) is 18.8 Å². The molecule has 0 aromatic carbocycles. The van der Waals surface area contributed by atoms with Crippen molar-refractivity contribution >= 4 is 19.4 Å². The minimum absolute atomic E-state index is 0.0926. The Morgan fingerprint density at radius 3 is 2.27 bits per heavy atom. The van der Waals surface area contributed by atoms with Gasteiger partial charge in [0.15, 0.2) is 0 Å². The quantitative estimate of drug-likeness (QED) is 0.422. The van der Waals surface area contributed by atoms with Gasteiger partial charge in [0.2, 0.25) is 0 Å². The largest absolute Gasteiger partial charge is 0.540 e. The molecular weight excluding hydrogens is 147 g/mol. The van der Waals surface area contributed by atoms with E-state index in [2.05, 4.69) is 9.39 Å². The fourth-order valence-corrected chi connectivity index (χ4v) is 0.539. The normalized spacial score (nSPS) is 8.55. The lowest BCUT2D eigenvalue weighted by Gasteiger charge is -1.99. The second-order valence-electron chi connectivity index (χ2n) is 1.88. The number of methoxy groups -OCH3 is 1. The van der Waals surface area contributed by atoms with Crippen LogP contribution in [0.5, 0.6) is 0 Å². The first-order valence-electron chi connectivity index (χ1n) is 3.43. The molecule has 0 saturated heterocycles. The Balaban J connectivity index is 3.38. The van der Waals surface area contributed by atoms with E-state index in [4.69, 9.17) is 0 Å². The highest BCUT2D eigenvalue weighted by Gasteiger charge is 2.06. The van der Waals surface area contributed by atoms with Crippen LogP contribution in [0.15, 0.2) is 0 Å². The van der Waals surface area contributed by atoms with E-state index in [1.165, 1.54) is 7.11 Å². The first-order chi connectivity index (χ1) is 5.20. The van der Waals surface area contributed by atoms with Gasteiger partial charge in [-0.2, -0.15) is 0 Å². The molecule has 0 aromatic heterocycles. The number of carbonyl (C=O) groups is 2. The first kappa shape index (κ1) is 10.0. The van der Waals surface area contributed by atoms with E-state index in [0.29, 0.717) is 7.48 Å². The first-order valence-corrected chi connectivity index (χ1v) is 3.43. The monoisotopic (exact) mass is 158 g/mol. The van der Waals surface area contributed by atoms with Gasteiger partial charge in [-0.3, -0.25) is 9.59 Å². The molecule has 0 atom stereocenters. The van der Waals surface area contributed by atoms with Crippen molar-refractivity contribution in [1.82, 2.24) is 0 Å². The smallest absolute Gasteiger partial charge is 0.340 e. The van der Waals surface area contributed by atoms with Crippen LogP contribution in [-0.4, -0.2) is 26.5 Å². The summed E-state index contributed by atoms with van der Waals surface area (Å²) in [6, 6.07) is 0. The number of ether oxygens (including phenoxy) is 1. The maximum absolute atomic E-state index is 10.6. The van der Waals surface area contributed by atoms with Crippen LogP contribution in [0.1, 0.15) is 12.8 Å². The third kappa shape index (κ3) is 5.45. The van der Waals surface area contributed by atoms with Crippen molar-refractivity contribution in [3.8, 4) is 0 Å². The van der Waals surface area contributed by atoms with Crippen LogP contribution in [-0.2, 0) is 19.0 Å². The summed E-state index contributed by atoms with van der Waals surface area (Å²) in [5.74, 6) is -0.754. The molecule has 0 rings (SSSR count). The molecule has 0 aliphatic rings. The molecule has 0 bridgehead atoms. The van der Waals surface area contributed by atoms with Crippen molar-refractivity contribution < 1.29 is 19.0 Å². The fourth-order valence-electron chi connectivity index (χ4n) is 0.539. The third-order valence-corrected chi connectivity index (χ3v) is 1.07. The molecule has 0 aliphatic carbocycles. The number of esters is 1. The average molecular weight is 158 g/mol. The minimum atomic E-state index is -0.391. The molecule has 0 aliphatic heterocycles. The molecule has 0 unspecified atom stereocenters. The molecule has 0 amide bonds. The van der Waals surface area contributed by atoms with Gasteiger partial charge in [-0.1, -0.05) is 6.82 Å². The molecular formula is C6H11BO4. The summed E-state index contributed by atoms with van der Waals surface area (Å²) >= 11 is 0. The second kappa shape index (κ2) is 5.76. The van der Waals surface area contributed by atoms with Gasteiger partial charge in [0.25, 0.3) is 5.97 Å². The third-order valence-electron chi connectivity index (χ3n) is 1.07. The number of hydrogen-bond donors (Lipinski definition) is 0. The SMILES string of the molecule is CBOC(=O)CCC(=O)OC. The van der Waals surface area contributed by atoms with Gasteiger partial charge in [-0.05, 0) is 0 Å². The molecule has 0 heterocycles. The standard InChI is InChI=1S/C6H11BO4/c1-7-11-6(9)4-3-5(8)10-2/h7H,3-4H2,1-2H3. The van der Waals surface area contributed by atoms with Crippen LogP contribution in [0.2, 0.25) is 6.82 Å². The zero-order chi connectivity index (χ0) is 8.69. The topological polar surface area (TPSA) is 52.6 Å². The van der Waals surface area contributed by atoms with E-state index in [9.17, 15) is 9.59 Å². The number of hydrogen-bond acceptors (Lipinski definition) is 4. The number of carbonyl (C=O) groups excluding carboxylic acids is 2. The van der Waals surface area contributed by atoms with Crippen molar-refractivity contribution in [1.29, 1.82) is 0 Å². The summed E-state index contributed by atoms with van der Waals surface area (Å²) in [5, 5.41) is 0. The Labute approximate surface area is 66.1 Å². The molecule has 0 fully saturated rings. The maximum atomic E-state index is 10.6. The van der Waals surface area contributed by atoms with E-state index in [1.807, 2.05) is 0 Å². The highest BCUT2D eigenvalue weighted by atomic mass is 16.5. The lowest BCUT2D eigenvalue weighted by atomic mass is 10.1. The zero-order valence-corrected chi connectivity index (χ0v) is 6.75. The summed E-state index contributed by atoms with van der Waals surface area (Å²) in [6.07, 6.45) is 0.190. The molecule has 5 heteroatoms. The van der Waals surface area contributed by atoms with Crippen molar-refractivity contribution in [2.45, 2.75) is 19.7 Å². The Morgan fingerprint density at radius 2 is 1.82 bits per heavy atom. The van der Waals surface area contributed by atoms with Crippen LogP contribution in [0.4, 0.5) is 0 Å². The van der Waals surface area contributed by atoms with Gasteiger partial charge in [-0.25, -0.2) is 0 Å². The van der Waals surface area contributed by atoms with Gasteiger partial charge in [-0.15, -0.1) is 0 Å². The number of rotatable bonds is 4. The van der Waals surface area contributed by atoms with Crippen LogP contribution in [0.25, 0.3) is 0 Å². The minimum Gasteiger partial charge on any atom is -0.540 e. The van der Waals surface area contributed by atoms with Crippen LogP contribution < -0.4 is 0 Å². The molecule has 0 N–H and O–H groups in total. The summed E-state index contributed by atoms with van der Waals surface area (Å²) in [6.45, 7) is 1.72. The molecule has 0 saturated carbocycles. The average Bonchev–Trinajstić information content (AvgIpc) is 2.01. The zero-order valence-electron chi connectivity index (χ0n) is 6.75. The molecule has 11 heavy (non-hydrogen) atoms. The van der Waals surface area contributed by atoms with Gasteiger partial charge < -0.3 is 9.39 Å². The summed E-state index contributed by atoms with van der Waals surface area (Å²) < 4.78 is 8.92. The van der Waals surface area contributed by atoms with Crippen molar-refractivity contribution in [2.75, 3.05) is 7.11 Å². The summed E-state index contributed by atoms with van der Waals surface area (Å²) in [5.41, 5.74) is 0. The van der Waals surface area contributed by atoms with Gasteiger partial charge in [0.05, 0.1) is 20.0 Å². The lowest BCUT2D eigenvalue weighted by Crippen LogP contribution is -2.09. The van der Waals surface area contributed by atoms with E-state index in [1.54, 1.807) is 6.82 Å². The van der Waals surface area contributed by atoms with Gasteiger partial charge >= 0.3 is 13.5 Å². The van der Waals surface area contributed by atoms with Gasteiger partial charge in [0.1, 0.15) is 0 Å². The second-order valence-corrected chi connectivity index (χ2v) is 1.88. The van der Waals surface area contributed by atoms with Crippen LogP contribution in [0.3, 0.4) is 0 Å². The summed E-state index contributed by atoms with van der Waals surface area (Å²) in [7, 11) is 1.63.